The molecule has 2 unspecified atom stereocenters. The Labute approximate surface area is 107 Å². The number of rotatable bonds is 8. The average molecular weight is 242 g/mol. The summed E-state index contributed by atoms with van der Waals surface area (Å²) in [6, 6.07) is 0. The first-order valence-corrected chi connectivity index (χ1v) is 7.53. The molecule has 0 aromatic heterocycles. The minimum absolute atomic E-state index is 0.0596. The number of hydrogen-bond acceptors (Lipinski definition) is 2. The molecule has 2 atom stereocenters. The molecule has 17 heavy (non-hydrogen) atoms. The summed E-state index contributed by atoms with van der Waals surface area (Å²) < 4.78 is 11.6. The summed E-state index contributed by atoms with van der Waals surface area (Å²) >= 11 is 0. The summed E-state index contributed by atoms with van der Waals surface area (Å²) in [6.45, 7) is 6.56. The molecule has 0 spiro atoms. The fraction of sp³-hybridized carbons (Fsp3) is 1.00. The largest absolute Gasteiger partial charge is 0.350 e. The first kappa shape index (κ1) is 15.0. The van der Waals surface area contributed by atoms with Gasteiger partial charge in [0.15, 0.2) is 6.29 Å². The zero-order valence-electron chi connectivity index (χ0n) is 11.9. The Morgan fingerprint density at radius 3 is 1.94 bits per heavy atom. The van der Waals surface area contributed by atoms with E-state index >= 15 is 0 Å². The summed E-state index contributed by atoms with van der Waals surface area (Å²) in [5, 5.41) is 0. The van der Waals surface area contributed by atoms with E-state index in [1.165, 1.54) is 44.9 Å². The molecule has 1 fully saturated rings. The molecule has 102 valence electrons. The highest BCUT2D eigenvalue weighted by molar-refractivity contribution is 4.65. The molecule has 2 nitrogen and oxygen atoms in total. The van der Waals surface area contributed by atoms with Gasteiger partial charge in [0.2, 0.25) is 0 Å². The Bertz CT molecular complexity index is 172. The second-order valence-electron chi connectivity index (χ2n) is 5.47. The molecule has 0 bridgehead atoms. The van der Waals surface area contributed by atoms with Gasteiger partial charge < -0.3 is 9.47 Å². The van der Waals surface area contributed by atoms with Crippen LogP contribution in [0.25, 0.3) is 0 Å². The van der Waals surface area contributed by atoms with E-state index in [0.29, 0.717) is 12.2 Å². The smallest absolute Gasteiger partial charge is 0.158 e. The van der Waals surface area contributed by atoms with Crippen LogP contribution in [0.3, 0.4) is 0 Å². The topological polar surface area (TPSA) is 18.5 Å². The van der Waals surface area contributed by atoms with Crippen molar-refractivity contribution < 1.29 is 9.47 Å². The van der Waals surface area contributed by atoms with E-state index in [-0.39, 0.29) is 6.29 Å². The SMILES string of the molecule is CCCCCCCCCC1OC(C)CC(C)O1. The van der Waals surface area contributed by atoms with Gasteiger partial charge >= 0.3 is 0 Å². The van der Waals surface area contributed by atoms with E-state index in [1.54, 1.807) is 0 Å². The summed E-state index contributed by atoms with van der Waals surface area (Å²) in [4.78, 5) is 0. The third-order valence-electron chi connectivity index (χ3n) is 3.48. The quantitative estimate of drug-likeness (QED) is 0.576. The van der Waals surface area contributed by atoms with E-state index in [4.69, 9.17) is 9.47 Å². The Balaban J connectivity index is 1.95. The fourth-order valence-corrected chi connectivity index (χ4v) is 2.53. The molecule has 0 saturated carbocycles. The predicted molar refractivity (Wildman–Crippen MR) is 72.1 cm³/mol. The van der Waals surface area contributed by atoms with E-state index in [1.807, 2.05) is 0 Å². The van der Waals surface area contributed by atoms with Gasteiger partial charge in [-0.15, -0.1) is 0 Å². The normalized spacial score (nSPS) is 29.5. The highest BCUT2D eigenvalue weighted by Gasteiger charge is 2.24. The van der Waals surface area contributed by atoms with Gasteiger partial charge in [0.1, 0.15) is 0 Å². The molecular formula is C15H30O2. The molecular weight excluding hydrogens is 212 g/mol. The first-order chi connectivity index (χ1) is 8.22. The maximum absolute atomic E-state index is 5.78. The van der Waals surface area contributed by atoms with Crippen LogP contribution in [0.5, 0.6) is 0 Å². The lowest BCUT2D eigenvalue weighted by Gasteiger charge is -2.32. The Morgan fingerprint density at radius 1 is 0.824 bits per heavy atom. The molecule has 1 saturated heterocycles. The van der Waals surface area contributed by atoms with Crippen LogP contribution in [-0.2, 0) is 9.47 Å². The van der Waals surface area contributed by atoms with Gasteiger partial charge in [0, 0.05) is 0 Å². The minimum atomic E-state index is 0.0596. The molecule has 0 aromatic carbocycles. The maximum atomic E-state index is 5.78. The Morgan fingerprint density at radius 2 is 1.35 bits per heavy atom. The van der Waals surface area contributed by atoms with E-state index < -0.39 is 0 Å². The van der Waals surface area contributed by atoms with Crippen molar-refractivity contribution >= 4 is 0 Å². The van der Waals surface area contributed by atoms with Crippen LogP contribution in [0.1, 0.15) is 78.6 Å². The van der Waals surface area contributed by atoms with Crippen molar-refractivity contribution in [3.05, 3.63) is 0 Å². The van der Waals surface area contributed by atoms with Gasteiger partial charge in [0.25, 0.3) is 0 Å². The fourth-order valence-electron chi connectivity index (χ4n) is 2.53. The van der Waals surface area contributed by atoms with Crippen molar-refractivity contribution in [1.29, 1.82) is 0 Å². The number of ether oxygens (including phenoxy) is 2. The second kappa shape index (κ2) is 8.93. The second-order valence-corrected chi connectivity index (χ2v) is 5.47. The standard InChI is InChI=1S/C15H30O2/c1-4-5-6-7-8-9-10-11-15-16-13(2)12-14(3)17-15/h13-15H,4-12H2,1-3H3. The summed E-state index contributed by atoms with van der Waals surface area (Å²) in [7, 11) is 0. The van der Waals surface area contributed by atoms with Crippen LogP contribution < -0.4 is 0 Å². The molecule has 1 heterocycles. The van der Waals surface area contributed by atoms with E-state index in [9.17, 15) is 0 Å². The number of hydrogen-bond donors (Lipinski definition) is 0. The first-order valence-electron chi connectivity index (χ1n) is 7.53. The summed E-state index contributed by atoms with van der Waals surface area (Å²) in [6.07, 6.45) is 12.4. The molecule has 0 radical (unpaired) electrons. The van der Waals surface area contributed by atoms with E-state index in [0.717, 1.165) is 12.8 Å². The molecule has 0 amide bonds. The number of unbranched alkanes of at least 4 members (excludes halogenated alkanes) is 6. The minimum Gasteiger partial charge on any atom is -0.350 e. The summed E-state index contributed by atoms with van der Waals surface area (Å²) in [5.41, 5.74) is 0. The molecule has 0 N–H and O–H groups in total. The molecule has 1 aliphatic heterocycles. The van der Waals surface area contributed by atoms with Gasteiger partial charge in [0.05, 0.1) is 12.2 Å². The van der Waals surface area contributed by atoms with Crippen molar-refractivity contribution in [2.75, 3.05) is 0 Å². The van der Waals surface area contributed by atoms with Crippen LogP contribution in [0.2, 0.25) is 0 Å². The maximum Gasteiger partial charge on any atom is 0.158 e. The van der Waals surface area contributed by atoms with Crippen LogP contribution >= 0.6 is 0 Å². The third kappa shape index (κ3) is 7.05. The monoisotopic (exact) mass is 242 g/mol. The van der Waals surface area contributed by atoms with Gasteiger partial charge in [-0.3, -0.25) is 0 Å². The third-order valence-corrected chi connectivity index (χ3v) is 3.48. The highest BCUT2D eigenvalue weighted by Crippen LogP contribution is 2.21. The van der Waals surface area contributed by atoms with Crippen LogP contribution in [0, 0.1) is 0 Å². The Hall–Kier alpha value is -0.0800. The van der Waals surface area contributed by atoms with E-state index in [2.05, 4.69) is 20.8 Å². The highest BCUT2D eigenvalue weighted by atomic mass is 16.7. The lowest BCUT2D eigenvalue weighted by molar-refractivity contribution is -0.236. The zero-order chi connectivity index (χ0) is 12.5. The molecule has 1 rings (SSSR count). The van der Waals surface area contributed by atoms with Crippen LogP contribution in [0.15, 0.2) is 0 Å². The predicted octanol–water partition coefficient (Wildman–Crippen LogP) is 4.67. The van der Waals surface area contributed by atoms with Gasteiger partial charge in [-0.2, -0.15) is 0 Å². The van der Waals surface area contributed by atoms with Crippen molar-refractivity contribution in [3.8, 4) is 0 Å². The van der Waals surface area contributed by atoms with Gasteiger partial charge in [-0.25, -0.2) is 0 Å². The van der Waals surface area contributed by atoms with Gasteiger partial charge in [-0.1, -0.05) is 45.4 Å². The van der Waals surface area contributed by atoms with Crippen molar-refractivity contribution in [3.63, 3.8) is 0 Å². The zero-order valence-corrected chi connectivity index (χ0v) is 11.9. The molecule has 2 heteroatoms. The van der Waals surface area contributed by atoms with Crippen molar-refractivity contribution in [2.24, 2.45) is 0 Å². The molecule has 1 aliphatic rings. The lowest BCUT2D eigenvalue weighted by Crippen LogP contribution is -2.35. The van der Waals surface area contributed by atoms with Crippen molar-refractivity contribution in [2.45, 2.75) is 97.1 Å². The molecule has 0 aromatic rings. The lowest BCUT2D eigenvalue weighted by atomic mass is 10.1. The average Bonchev–Trinajstić information content (AvgIpc) is 2.26. The van der Waals surface area contributed by atoms with Crippen LogP contribution in [-0.4, -0.2) is 18.5 Å². The van der Waals surface area contributed by atoms with Crippen molar-refractivity contribution in [1.82, 2.24) is 0 Å². The summed E-state index contributed by atoms with van der Waals surface area (Å²) in [5.74, 6) is 0. The van der Waals surface area contributed by atoms with Gasteiger partial charge in [-0.05, 0) is 33.1 Å². The Kier molecular flexibility index (Phi) is 7.87. The molecule has 0 aliphatic carbocycles. The van der Waals surface area contributed by atoms with Crippen LogP contribution in [0.4, 0.5) is 0 Å².